The normalized spacial score (nSPS) is 10.2. The topological polar surface area (TPSA) is 55.1 Å². The van der Waals surface area contributed by atoms with Crippen LogP contribution >= 0.6 is 27.5 Å². The van der Waals surface area contributed by atoms with Gasteiger partial charge < -0.3 is 9.84 Å². The summed E-state index contributed by atoms with van der Waals surface area (Å²) in [6.45, 7) is 0.314. The SMILES string of the molecule is O=C(NCc1ccon1)c1cc(Cl)ccc1Br. The molecule has 0 spiro atoms. The van der Waals surface area contributed by atoms with Gasteiger partial charge in [0.1, 0.15) is 12.0 Å². The third kappa shape index (κ3) is 3.08. The molecule has 0 radical (unpaired) electrons. The van der Waals surface area contributed by atoms with Crippen LogP contribution in [-0.4, -0.2) is 11.1 Å². The lowest BCUT2D eigenvalue weighted by Gasteiger charge is -2.05. The first-order valence-corrected chi connectivity index (χ1v) is 5.96. The number of benzene rings is 1. The zero-order valence-electron chi connectivity index (χ0n) is 8.61. The first-order chi connectivity index (χ1) is 8.16. The van der Waals surface area contributed by atoms with Crippen LogP contribution < -0.4 is 5.32 Å². The zero-order valence-corrected chi connectivity index (χ0v) is 11.0. The average Bonchev–Trinajstić information content (AvgIpc) is 2.82. The third-order valence-electron chi connectivity index (χ3n) is 2.09. The predicted octanol–water partition coefficient (Wildman–Crippen LogP) is 3.02. The Morgan fingerprint density at radius 2 is 2.29 bits per heavy atom. The Morgan fingerprint density at radius 1 is 1.47 bits per heavy atom. The van der Waals surface area contributed by atoms with Gasteiger partial charge in [0, 0.05) is 15.6 Å². The molecule has 17 heavy (non-hydrogen) atoms. The lowest BCUT2D eigenvalue weighted by molar-refractivity contribution is 0.0949. The molecule has 1 N–H and O–H groups in total. The molecule has 0 bridgehead atoms. The molecule has 0 unspecified atom stereocenters. The van der Waals surface area contributed by atoms with Gasteiger partial charge in [0.05, 0.1) is 12.1 Å². The minimum absolute atomic E-state index is 0.220. The number of halogens is 2. The molecule has 88 valence electrons. The number of aromatic nitrogens is 1. The van der Waals surface area contributed by atoms with E-state index in [1.165, 1.54) is 6.26 Å². The maximum absolute atomic E-state index is 11.9. The molecule has 0 aliphatic rings. The van der Waals surface area contributed by atoms with E-state index < -0.39 is 0 Å². The molecular formula is C11H8BrClN2O2. The van der Waals surface area contributed by atoms with Crippen LogP contribution in [0, 0.1) is 0 Å². The number of hydrogen-bond donors (Lipinski definition) is 1. The van der Waals surface area contributed by atoms with Crippen LogP contribution in [0.3, 0.4) is 0 Å². The van der Waals surface area contributed by atoms with Gasteiger partial charge in [0.15, 0.2) is 0 Å². The summed E-state index contributed by atoms with van der Waals surface area (Å²) in [5.41, 5.74) is 1.15. The lowest BCUT2D eigenvalue weighted by atomic mass is 10.2. The molecular weight excluding hydrogens is 307 g/mol. The molecule has 2 rings (SSSR count). The zero-order chi connectivity index (χ0) is 12.3. The summed E-state index contributed by atoms with van der Waals surface area (Å²) >= 11 is 9.13. The Hall–Kier alpha value is -1.33. The standard InChI is InChI=1S/C11H8BrClN2O2/c12-10-2-1-7(13)5-9(10)11(16)14-6-8-3-4-17-15-8/h1-5H,6H2,(H,14,16). The second-order valence-electron chi connectivity index (χ2n) is 3.30. The molecule has 0 fully saturated rings. The Labute approximate surface area is 111 Å². The fourth-order valence-electron chi connectivity index (χ4n) is 1.27. The van der Waals surface area contributed by atoms with Gasteiger partial charge in [-0.3, -0.25) is 4.79 Å². The highest BCUT2D eigenvalue weighted by molar-refractivity contribution is 9.10. The second-order valence-corrected chi connectivity index (χ2v) is 4.59. The van der Waals surface area contributed by atoms with Gasteiger partial charge >= 0.3 is 0 Å². The van der Waals surface area contributed by atoms with Crippen molar-refractivity contribution < 1.29 is 9.32 Å². The number of amides is 1. The van der Waals surface area contributed by atoms with Crippen LogP contribution in [0.2, 0.25) is 5.02 Å². The van der Waals surface area contributed by atoms with Gasteiger partial charge in [-0.05, 0) is 34.1 Å². The van der Waals surface area contributed by atoms with Crippen LogP contribution in [0.15, 0.2) is 39.5 Å². The number of carbonyl (C=O) groups is 1. The van der Waals surface area contributed by atoms with Crippen molar-refractivity contribution in [2.45, 2.75) is 6.54 Å². The number of nitrogens with zero attached hydrogens (tertiary/aromatic N) is 1. The largest absolute Gasteiger partial charge is 0.364 e. The van der Waals surface area contributed by atoms with Crippen LogP contribution in [0.5, 0.6) is 0 Å². The van der Waals surface area contributed by atoms with E-state index >= 15 is 0 Å². The second kappa shape index (κ2) is 5.33. The van der Waals surface area contributed by atoms with Gasteiger partial charge in [-0.1, -0.05) is 16.8 Å². The predicted molar refractivity (Wildman–Crippen MR) is 66.8 cm³/mol. The van der Waals surface area contributed by atoms with Gasteiger partial charge in [-0.15, -0.1) is 0 Å². The molecule has 0 saturated carbocycles. The van der Waals surface area contributed by atoms with Crippen molar-refractivity contribution in [3.05, 3.63) is 51.3 Å². The molecule has 1 amide bonds. The molecule has 6 heteroatoms. The average molecular weight is 316 g/mol. The van der Waals surface area contributed by atoms with Crippen molar-refractivity contribution >= 4 is 33.4 Å². The van der Waals surface area contributed by atoms with E-state index in [0.29, 0.717) is 27.3 Å². The fourth-order valence-corrected chi connectivity index (χ4v) is 1.87. The van der Waals surface area contributed by atoms with Gasteiger partial charge in [0.2, 0.25) is 0 Å². The number of nitrogens with one attached hydrogen (secondary N) is 1. The van der Waals surface area contributed by atoms with Crippen molar-refractivity contribution in [3.8, 4) is 0 Å². The number of carbonyl (C=O) groups excluding carboxylic acids is 1. The highest BCUT2D eigenvalue weighted by Crippen LogP contribution is 2.21. The summed E-state index contributed by atoms with van der Waals surface area (Å²) in [4.78, 5) is 11.9. The Kier molecular flexibility index (Phi) is 3.81. The fraction of sp³-hybridized carbons (Fsp3) is 0.0909. The molecule has 0 saturated heterocycles. The number of rotatable bonds is 3. The highest BCUT2D eigenvalue weighted by Gasteiger charge is 2.10. The smallest absolute Gasteiger partial charge is 0.252 e. The van der Waals surface area contributed by atoms with E-state index in [1.807, 2.05) is 0 Å². The van der Waals surface area contributed by atoms with E-state index in [2.05, 4.69) is 30.9 Å². The summed E-state index contributed by atoms with van der Waals surface area (Å²) in [5.74, 6) is -0.220. The summed E-state index contributed by atoms with van der Waals surface area (Å²) < 4.78 is 5.36. The molecule has 0 atom stereocenters. The Bertz CT molecular complexity index is 528. The highest BCUT2D eigenvalue weighted by atomic mass is 79.9. The first kappa shape index (κ1) is 12.1. The van der Waals surface area contributed by atoms with E-state index in [0.717, 1.165) is 0 Å². The van der Waals surface area contributed by atoms with Crippen LogP contribution in [0.25, 0.3) is 0 Å². The summed E-state index contributed by atoms with van der Waals surface area (Å²) in [6, 6.07) is 6.73. The van der Waals surface area contributed by atoms with Crippen LogP contribution in [0.4, 0.5) is 0 Å². The van der Waals surface area contributed by atoms with E-state index in [1.54, 1.807) is 24.3 Å². The van der Waals surface area contributed by atoms with Crippen LogP contribution in [-0.2, 0) is 6.54 Å². The van der Waals surface area contributed by atoms with E-state index in [9.17, 15) is 4.79 Å². The van der Waals surface area contributed by atoms with Gasteiger partial charge in [-0.25, -0.2) is 0 Å². The maximum atomic E-state index is 11.9. The van der Waals surface area contributed by atoms with Gasteiger partial charge in [0.25, 0.3) is 5.91 Å². The maximum Gasteiger partial charge on any atom is 0.252 e. The van der Waals surface area contributed by atoms with E-state index in [-0.39, 0.29) is 5.91 Å². The first-order valence-electron chi connectivity index (χ1n) is 4.79. The molecule has 0 aliphatic carbocycles. The van der Waals surface area contributed by atoms with Gasteiger partial charge in [-0.2, -0.15) is 0 Å². The molecule has 2 aromatic rings. The minimum Gasteiger partial charge on any atom is -0.364 e. The monoisotopic (exact) mass is 314 g/mol. The van der Waals surface area contributed by atoms with Crippen molar-refractivity contribution in [1.82, 2.24) is 10.5 Å². The third-order valence-corrected chi connectivity index (χ3v) is 3.02. The van der Waals surface area contributed by atoms with E-state index in [4.69, 9.17) is 11.6 Å². The number of hydrogen-bond acceptors (Lipinski definition) is 3. The van der Waals surface area contributed by atoms with Crippen molar-refractivity contribution in [1.29, 1.82) is 0 Å². The van der Waals surface area contributed by atoms with Crippen molar-refractivity contribution in [3.63, 3.8) is 0 Å². The minimum atomic E-state index is -0.220. The summed E-state index contributed by atoms with van der Waals surface area (Å²) in [7, 11) is 0. The van der Waals surface area contributed by atoms with Crippen molar-refractivity contribution in [2.24, 2.45) is 0 Å². The summed E-state index contributed by atoms with van der Waals surface area (Å²) in [5, 5.41) is 6.93. The lowest BCUT2D eigenvalue weighted by Crippen LogP contribution is -2.23. The summed E-state index contributed by atoms with van der Waals surface area (Å²) in [6.07, 6.45) is 1.46. The van der Waals surface area contributed by atoms with Crippen molar-refractivity contribution in [2.75, 3.05) is 0 Å². The quantitative estimate of drug-likeness (QED) is 0.947. The molecule has 1 aromatic carbocycles. The molecule has 4 nitrogen and oxygen atoms in total. The molecule has 0 aliphatic heterocycles. The Morgan fingerprint density at radius 3 is 3.00 bits per heavy atom. The molecule has 1 heterocycles. The molecule has 1 aromatic heterocycles. The Balaban J connectivity index is 2.07. The van der Waals surface area contributed by atoms with Crippen LogP contribution in [0.1, 0.15) is 16.1 Å².